The maximum Gasteiger partial charge on any atom is 0.352 e. The van der Waals surface area contributed by atoms with Crippen LogP contribution in [0.4, 0.5) is 0 Å². The van der Waals surface area contributed by atoms with E-state index in [2.05, 4.69) is 17.3 Å². The Morgan fingerprint density at radius 1 is 1.13 bits per heavy atom. The Bertz CT molecular complexity index is 1150. The summed E-state index contributed by atoms with van der Waals surface area (Å²) in [7, 11) is 3.27. The Balaban J connectivity index is 1.70. The molecular formula is C21H28N6O3. The van der Waals surface area contributed by atoms with Crippen LogP contribution in [0.1, 0.15) is 32.6 Å². The number of fused-ring (bicyclic) bond motifs is 3. The van der Waals surface area contributed by atoms with E-state index in [1.807, 2.05) is 24.3 Å². The van der Waals surface area contributed by atoms with Gasteiger partial charge in [-0.05, 0) is 30.9 Å². The van der Waals surface area contributed by atoms with Crippen molar-refractivity contribution < 1.29 is 9.59 Å². The van der Waals surface area contributed by atoms with Crippen LogP contribution in [0.15, 0.2) is 29.1 Å². The fourth-order valence-electron chi connectivity index (χ4n) is 4.23. The summed E-state index contributed by atoms with van der Waals surface area (Å²) >= 11 is 0. The summed E-state index contributed by atoms with van der Waals surface area (Å²) < 4.78 is 4.37. The molecule has 0 unspecified atom stereocenters. The molecule has 2 aromatic heterocycles. The van der Waals surface area contributed by atoms with Crippen molar-refractivity contribution in [1.29, 1.82) is 0 Å². The van der Waals surface area contributed by atoms with Crippen LogP contribution >= 0.6 is 0 Å². The third kappa shape index (κ3) is 3.59. The lowest BCUT2D eigenvalue weighted by molar-refractivity contribution is -0.129. The van der Waals surface area contributed by atoms with Gasteiger partial charge >= 0.3 is 5.69 Å². The second kappa shape index (κ2) is 7.97. The van der Waals surface area contributed by atoms with Gasteiger partial charge in [-0.3, -0.25) is 14.2 Å². The fourth-order valence-corrected chi connectivity index (χ4v) is 4.23. The van der Waals surface area contributed by atoms with Crippen molar-refractivity contribution in [1.82, 2.24) is 29.0 Å². The van der Waals surface area contributed by atoms with Crippen molar-refractivity contribution in [3.05, 3.63) is 34.7 Å². The molecule has 30 heavy (non-hydrogen) atoms. The van der Waals surface area contributed by atoms with Crippen LogP contribution in [-0.4, -0.2) is 55.6 Å². The summed E-state index contributed by atoms with van der Waals surface area (Å²) in [5.41, 5.74) is 1.03. The molecule has 1 aromatic carbocycles. The molecule has 3 aromatic rings. The largest absolute Gasteiger partial charge is 0.352 e. The zero-order valence-electron chi connectivity index (χ0n) is 17.7. The molecule has 160 valence electrons. The summed E-state index contributed by atoms with van der Waals surface area (Å²) in [4.78, 5) is 39.3. The van der Waals surface area contributed by atoms with Crippen molar-refractivity contribution >= 4 is 28.6 Å². The van der Waals surface area contributed by atoms with Gasteiger partial charge in [-0.2, -0.15) is 0 Å². The molecule has 1 saturated carbocycles. The van der Waals surface area contributed by atoms with Crippen LogP contribution in [-0.2, 0) is 22.7 Å². The number of aromatic nitrogens is 4. The zero-order chi connectivity index (χ0) is 21.4. The molecular weight excluding hydrogens is 384 g/mol. The molecule has 2 heterocycles. The van der Waals surface area contributed by atoms with Crippen molar-refractivity contribution in [2.45, 2.75) is 51.7 Å². The molecule has 0 radical (unpaired) electrons. The number of amides is 2. The van der Waals surface area contributed by atoms with Crippen LogP contribution in [0, 0.1) is 5.92 Å². The first kappa shape index (κ1) is 20.2. The summed E-state index contributed by atoms with van der Waals surface area (Å²) in [5.74, 6) is 0.503. The van der Waals surface area contributed by atoms with E-state index in [-0.39, 0.29) is 30.9 Å². The molecule has 0 bridgehead atoms. The first-order chi connectivity index (χ1) is 14.4. The highest BCUT2D eigenvalue weighted by Gasteiger charge is 2.25. The minimum absolute atomic E-state index is 0.0678. The number of carbonyl (C=O) groups excluding carboxylic acids is 2. The summed E-state index contributed by atoms with van der Waals surface area (Å²) in [5, 5.41) is 7.55. The predicted octanol–water partition coefficient (Wildman–Crippen LogP) is 1.23. The number of rotatable bonds is 5. The smallest absolute Gasteiger partial charge is 0.352 e. The fraction of sp³-hybridized carbons (Fsp3) is 0.524. The third-order valence-corrected chi connectivity index (χ3v) is 6.02. The average molecular weight is 412 g/mol. The van der Waals surface area contributed by atoms with Crippen molar-refractivity contribution in [3.63, 3.8) is 0 Å². The zero-order valence-corrected chi connectivity index (χ0v) is 17.7. The molecule has 4 rings (SSSR count). The first-order valence-corrected chi connectivity index (χ1v) is 10.4. The summed E-state index contributed by atoms with van der Waals surface area (Å²) in [6.45, 7) is 2.10. The third-order valence-electron chi connectivity index (χ3n) is 6.02. The summed E-state index contributed by atoms with van der Waals surface area (Å²) in [6.07, 6.45) is 4.46. The van der Waals surface area contributed by atoms with Gasteiger partial charge in [-0.25, -0.2) is 13.9 Å². The van der Waals surface area contributed by atoms with Gasteiger partial charge < -0.3 is 10.2 Å². The molecule has 9 nitrogen and oxygen atoms in total. The normalized spacial score (nSPS) is 19.3. The molecule has 1 aliphatic carbocycles. The lowest BCUT2D eigenvalue weighted by Gasteiger charge is -2.29. The van der Waals surface area contributed by atoms with Gasteiger partial charge in [0, 0.05) is 20.1 Å². The minimum atomic E-state index is -0.392. The SMILES string of the molecule is C[C@H]1CCCC[C@@H]1NC(=O)Cn1c2ccccc2n2c(=O)n(CC(=O)N(C)C)nc12. The number of nitrogens with zero attached hydrogens (tertiary/aromatic N) is 5. The van der Waals surface area contributed by atoms with Gasteiger partial charge in [0.1, 0.15) is 13.1 Å². The molecule has 0 spiro atoms. The Kier molecular flexibility index (Phi) is 5.36. The highest BCUT2D eigenvalue weighted by atomic mass is 16.2. The molecule has 0 saturated heterocycles. The lowest BCUT2D eigenvalue weighted by Crippen LogP contribution is -2.42. The van der Waals surface area contributed by atoms with E-state index < -0.39 is 5.69 Å². The molecule has 0 aliphatic heterocycles. The van der Waals surface area contributed by atoms with Crippen LogP contribution < -0.4 is 11.0 Å². The topological polar surface area (TPSA) is 93.6 Å². The van der Waals surface area contributed by atoms with Gasteiger partial charge in [0.2, 0.25) is 17.6 Å². The molecule has 9 heteroatoms. The Hall–Kier alpha value is -3.10. The van der Waals surface area contributed by atoms with Crippen LogP contribution in [0.5, 0.6) is 0 Å². The minimum Gasteiger partial charge on any atom is -0.352 e. The number of para-hydroxylation sites is 2. The van der Waals surface area contributed by atoms with Gasteiger partial charge in [0.05, 0.1) is 11.0 Å². The standard InChI is InChI=1S/C21H28N6O3/c1-14-8-4-5-9-15(14)22-18(28)12-25-16-10-6-7-11-17(16)27-20(25)23-26(21(27)30)13-19(29)24(2)3/h6-7,10-11,14-15H,4-5,8-9,12-13H2,1-3H3,(H,22,28)/t14-,15-/m0/s1. The average Bonchev–Trinajstić information content (AvgIpc) is 3.19. The van der Waals surface area contributed by atoms with Crippen molar-refractivity contribution in [3.8, 4) is 0 Å². The number of imidazole rings is 1. The monoisotopic (exact) mass is 412 g/mol. The highest BCUT2D eigenvalue weighted by Crippen LogP contribution is 2.24. The quantitative estimate of drug-likeness (QED) is 0.682. The highest BCUT2D eigenvalue weighted by molar-refractivity contribution is 5.84. The van der Waals surface area contributed by atoms with Gasteiger partial charge in [0.15, 0.2) is 0 Å². The van der Waals surface area contributed by atoms with E-state index in [1.165, 1.54) is 15.7 Å². The lowest BCUT2D eigenvalue weighted by atomic mass is 9.86. The van der Waals surface area contributed by atoms with E-state index >= 15 is 0 Å². The van der Waals surface area contributed by atoms with E-state index in [0.717, 1.165) is 29.5 Å². The second-order valence-corrected chi connectivity index (χ2v) is 8.37. The maximum absolute atomic E-state index is 12.9. The Labute approximate surface area is 174 Å². The molecule has 1 fully saturated rings. The van der Waals surface area contributed by atoms with Crippen LogP contribution in [0.3, 0.4) is 0 Å². The number of nitrogens with one attached hydrogen (secondary N) is 1. The number of likely N-dealkylation sites (N-methyl/N-ethyl adjacent to an activating group) is 1. The number of hydrogen-bond acceptors (Lipinski definition) is 4. The van der Waals surface area contributed by atoms with Gasteiger partial charge in [-0.1, -0.05) is 31.9 Å². The first-order valence-electron chi connectivity index (χ1n) is 10.4. The summed E-state index contributed by atoms with van der Waals surface area (Å²) in [6, 6.07) is 7.58. The number of hydrogen-bond donors (Lipinski definition) is 1. The van der Waals surface area contributed by atoms with Crippen molar-refractivity contribution in [2.24, 2.45) is 5.92 Å². The number of benzene rings is 1. The van der Waals surface area contributed by atoms with Crippen LogP contribution in [0.2, 0.25) is 0 Å². The Morgan fingerprint density at radius 2 is 1.83 bits per heavy atom. The number of carbonyl (C=O) groups is 2. The van der Waals surface area contributed by atoms with E-state index in [9.17, 15) is 14.4 Å². The maximum atomic E-state index is 12.9. The van der Waals surface area contributed by atoms with E-state index in [0.29, 0.717) is 17.2 Å². The van der Waals surface area contributed by atoms with Gasteiger partial charge in [-0.15, -0.1) is 5.10 Å². The van der Waals surface area contributed by atoms with Gasteiger partial charge in [0.25, 0.3) is 0 Å². The van der Waals surface area contributed by atoms with E-state index in [4.69, 9.17) is 0 Å². The predicted molar refractivity (Wildman–Crippen MR) is 113 cm³/mol. The molecule has 1 aliphatic rings. The molecule has 1 N–H and O–H groups in total. The van der Waals surface area contributed by atoms with Crippen LogP contribution in [0.25, 0.3) is 16.8 Å². The molecule has 2 atom stereocenters. The second-order valence-electron chi connectivity index (χ2n) is 8.37. The Morgan fingerprint density at radius 3 is 2.53 bits per heavy atom. The van der Waals surface area contributed by atoms with E-state index in [1.54, 1.807) is 18.7 Å². The van der Waals surface area contributed by atoms with Crippen molar-refractivity contribution in [2.75, 3.05) is 14.1 Å². The molecule has 2 amide bonds.